The Kier molecular flexibility index (Phi) is 3.71. The molecular weight excluding hydrogens is 230 g/mol. The van der Waals surface area contributed by atoms with Crippen LogP contribution >= 0.6 is 0 Å². The molecule has 100 valence electrons. The summed E-state index contributed by atoms with van der Waals surface area (Å²) in [6.45, 7) is 7.06. The van der Waals surface area contributed by atoms with E-state index in [-0.39, 0.29) is 23.4 Å². The third-order valence-electron chi connectivity index (χ3n) is 3.13. The summed E-state index contributed by atoms with van der Waals surface area (Å²) in [5, 5.41) is 5.92. The molecule has 18 heavy (non-hydrogen) atoms. The lowest BCUT2D eigenvalue weighted by molar-refractivity contribution is -0.118. The fourth-order valence-electron chi connectivity index (χ4n) is 1.94. The molecule has 1 aromatic heterocycles. The molecule has 1 atom stereocenters. The summed E-state index contributed by atoms with van der Waals surface area (Å²) in [4.78, 5) is 16.2. The van der Waals surface area contributed by atoms with E-state index >= 15 is 0 Å². The molecule has 2 heterocycles. The van der Waals surface area contributed by atoms with E-state index in [1.165, 1.54) is 0 Å². The van der Waals surface area contributed by atoms with E-state index in [0.29, 0.717) is 0 Å². The van der Waals surface area contributed by atoms with Crippen molar-refractivity contribution in [3.8, 4) is 0 Å². The minimum Gasteiger partial charge on any atom is -0.432 e. The number of nitrogens with one attached hydrogen (secondary N) is 2. The number of carbonyl (C=O) groups excluding carboxylic acids is 1. The van der Waals surface area contributed by atoms with Crippen LogP contribution in [0, 0.1) is 0 Å². The number of carbonyl (C=O) groups is 1. The van der Waals surface area contributed by atoms with E-state index in [4.69, 9.17) is 4.42 Å². The summed E-state index contributed by atoms with van der Waals surface area (Å²) >= 11 is 0. The Bertz CT molecular complexity index is 414. The molecule has 5 nitrogen and oxygen atoms in total. The average Bonchev–Trinajstić information content (AvgIpc) is 2.78. The number of amides is 1. The predicted molar refractivity (Wildman–Crippen MR) is 69.5 cm³/mol. The smallest absolute Gasteiger partial charge is 0.301 e. The third-order valence-corrected chi connectivity index (χ3v) is 3.13. The summed E-state index contributed by atoms with van der Waals surface area (Å²) in [7, 11) is 0. The molecule has 2 rings (SSSR count). The first-order chi connectivity index (χ1) is 8.47. The first kappa shape index (κ1) is 13.1. The van der Waals surface area contributed by atoms with Crippen LogP contribution in [0.2, 0.25) is 0 Å². The Morgan fingerprint density at radius 2 is 2.28 bits per heavy atom. The van der Waals surface area contributed by atoms with Gasteiger partial charge in [0.05, 0.1) is 11.7 Å². The quantitative estimate of drug-likeness (QED) is 0.844. The van der Waals surface area contributed by atoms with Crippen molar-refractivity contribution in [2.24, 2.45) is 0 Å². The van der Waals surface area contributed by atoms with Crippen molar-refractivity contribution in [3.63, 3.8) is 0 Å². The number of anilines is 1. The van der Waals surface area contributed by atoms with Crippen LogP contribution in [0.25, 0.3) is 0 Å². The molecule has 0 aromatic carbocycles. The van der Waals surface area contributed by atoms with Gasteiger partial charge in [0.2, 0.25) is 5.91 Å². The molecule has 0 aliphatic carbocycles. The van der Waals surface area contributed by atoms with E-state index in [0.717, 1.165) is 31.5 Å². The van der Waals surface area contributed by atoms with E-state index in [1.807, 2.05) is 0 Å². The molecule has 0 radical (unpaired) electrons. The van der Waals surface area contributed by atoms with E-state index in [9.17, 15) is 4.79 Å². The molecule has 2 N–H and O–H groups in total. The van der Waals surface area contributed by atoms with Gasteiger partial charge in [-0.2, -0.15) is 4.98 Å². The predicted octanol–water partition coefficient (Wildman–Crippen LogP) is 2.05. The minimum absolute atomic E-state index is 0.0583. The number of piperidine rings is 1. The molecule has 0 bridgehead atoms. The van der Waals surface area contributed by atoms with Crippen LogP contribution in [0.3, 0.4) is 0 Å². The number of aromatic nitrogens is 1. The number of rotatable bonds is 2. The van der Waals surface area contributed by atoms with Crippen LogP contribution in [0.5, 0.6) is 0 Å². The van der Waals surface area contributed by atoms with Crippen molar-refractivity contribution in [2.75, 3.05) is 11.9 Å². The van der Waals surface area contributed by atoms with Gasteiger partial charge in [0.1, 0.15) is 6.26 Å². The Morgan fingerprint density at radius 3 is 2.83 bits per heavy atom. The van der Waals surface area contributed by atoms with E-state index in [2.05, 4.69) is 36.4 Å². The Balaban J connectivity index is 1.96. The highest BCUT2D eigenvalue weighted by atomic mass is 16.4. The van der Waals surface area contributed by atoms with Gasteiger partial charge in [0, 0.05) is 5.41 Å². The highest BCUT2D eigenvalue weighted by Gasteiger charge is 2.23. The number of hydrogen-bond acceptors (Lipinski definition) is 4. The largest absolute Gasteiger partial charge is 0.432 e. The second kappa shape index (κ2) is 5.10. The summed E-state index contributed by atoms with van der Waals surface area (Å²) in [5.74, 6) is -0.0583. The average molecular weight is 251 g/mol. The zero-order chi connectivity index (χ0) is 13.2. The standard InChI is InChI=1S/C13H21N3O2/c1-13(2,3)10-8-18-12(15-10)16-11(17)9-6-4-5-7-14-9/h8-9,14H,4-7H2,1-3H3,(H,15,16,17)/t9-/m0/s1. The third kappa shape index (κ3) is 3.10. The molecule has 1 aliphatic rings. The van der Waals surface area contributed by atoms with E-state index < -0.39 is 0 Å². The SMILES string of the molecule is CC(C)(C)c1coc(NC(=O)[C@@H]2CCCCN2)n1. The minimum atomic E-state index is -0.122. The second-order valence-corrected chi connectivity index (χ2v) is 5.78. The van der Waals surface area contributed by atoms with Crippen LogP contribution in [0.1, 0.15) is 45.7 Å². The van der Waals surface area contributed by atoms with Gasteiger partial charge >= 0.3 is 6.01 Å². The fraction of sp³-hybridized carbons (Fsp3) is 0.692. The normalized spacial score (nSPS) is 20.7. The highest BCUT2D eigenvalue weighted by molar-refractivity contribution is 5.93. The molecule has 1 aromatic rings. The number of hydrogen-bond donors (Lipinski definition) is 2. The van der Waals surface area contributed by atoms with Gasteiger partial charge in [-0.1, -0.05) is 27.2 Å². The first-order valence-corrected chi connectivity index (χ1v) is 6.47. The van der Waals surface area contributed by atoms with Crippen molar-refractivity contribution in [2.45, 2.75) is 51.5 Å². The van der Waals surface area contributed by atoms with Gasteiger partial charge < -0.3 is 9.73 Å². The molecule has 0 spiro atoms. The first-order valence-electron chi connectivity index (χ1n) is 6.47. The van der Waals surface area contributed by atoms with Crippen molar-refractivity contribution in [1.82, 2.24) is 10.3 Å². The fourth-order valence-corrected chi connectivity index (χ4v) is 1.94. The van der Waals surface area contributed by atoms with Crippen LogP contribution in [0.15, 0.2) is 10.7 Å². The zero-order valence-electron chi connectivity index (χ0n) is 11.2. The van der Waals surface area contributed by atoms with Gasteiger partial charge in [0.25, 0.3) is 0 Å². The van der Waals surface area contributed by atoms with Crippen molar-refractivity contribution >= 4 is 11.9 Å². The molecule has 0 saturated carbocycles. The van der Waals surface area contributed by atoms with Gasteiger partial charge in [0.15, 0.2) is 0 Å². The molecule has 1 aliphatic heterocycles. The highest BCUT2D eigenvalue weighted by Crippen LogP contribution is 2.23. The van der Waals surface area contributed by atoms with Gasteiger partial charge in [-0.25, -0.2) is 0 Å². The van der Waals surface area contributed by atoms with Crippen molar-refractivity contribution < 1.29 is 9.21 Å². The lowest BCUT2D eigenvalue weighted by Gasteiger charge is -2.21. The number of nitrogens with zero attached hydrogens (tertiary/aromatic N) is 1. The van der Waals surface area contributed by atoms with E-state index in [1.54, 1.807) is 6.26 Å². The summed E-state index contributed by atoms with van der Waals surface area (Å²) in [5.41, 5.74) is 0.768. The van der Waals surface area contributed by atoms with Gasteiger partial charge in [-0.05, 0) is 19.4 Å². The lowest BCUT2D eigenvalue weighted by Crippen LogP contribution is -2.43. The summed E-state index contributed by atoms with van der Waals surface area (Å²) < 4.78 is 5.28. The maximum atomic E-state index is 12.0. The van der Waals surface area contributed by atoms with Crippen LogP contribution < -0.4 is 10.6 Å². The summed E-state index contributed by atoms with van der Waals surface area (Å²) in [6, 6.07) is 0.168. The zero-order valence-corrected chi connectivity index (χ0v) is 11.2. The maximum Gasteiger partial charge on any atom is 0.301 e. The Hall–Kier alpha value is -1.36. The van der Waals surface area contributed by atoms with Crippen molar-refractivity contribution in [3.05, 3.63) is 12.0 Å². The van der Waals surface area contributed by atoms with Crippen molar-refractivity contribution in [1.29, 1.82) is 0 Å². The summed E-state index contributed by atoms with van der Waals surface area (Å²) in [6.07, 6.45) is 4.70. The van der Waals surface area contributed by atoms with Gasteiger partial charge in [-0.3, -0.25) is 10.1 Å². The molecule has 1 fully saturated rings. The Labute approximate surface area is 107 Å². The molecule has 1 amide bonds. The second-order valence-electron chi connectivity index (χ2n) is 5.78. The van der Waals surface area contributed by atoms with Gasteiger partial charge in [-0.15, -0.1) is 0 Å². The molecular formula is C13H21N3O2. The lowest BCUT2D eigenvalue weighted by atomic mass is 9.93. The molecule has 1 saturated heterocycles. The van der Waals surface area contributed by atoms with Crippen LogP contribution in [-0.2, 0) is 10.2 Å². The number of oxazole rings is 1. The maximum absolute atomic E-state index is 12.0. The monoisotopic (exact) mass is 251 g/mol. The van der Waals surface area contributed by atoms with Crippen LogP contribution in [-0.4, -0.2) is 23.5 Å². The van der Waals surface area contributed by atoms with Crippen LogP contribution in [0.4, 0.5) is 6.01 Å². The Morgan fingerprint density at radius 1 is 1.50 bits per heavy atom. The molecule has 5 heteroatoms. The topological polar surface area (TPSA) is 67.2 Å². The molecule has 0 unspecified atom stereocenters.